The van der Waals surface area contributed by atoms with E-state index in [4.69, 9.17) is 10.6 Å². The van der Waals surface area contributed by atoms with Gasteiger partial charge in [0.25, 0.3) is 0 Å². The van der Waals surface area contributed by atoms with Gasteiger partial charge in [0.1, 0.15) is 0 Å². The van der Waals surface area contributed by atoms with Gasteiger partial charge in [0, 0.05) is 13.2 Å². The van der Waals surface area contributed by atoms with Crippen molar-refractivity contribution in [3.05, 3.63) is 48.0 Å². The molecule has 19 heavy (non-hydrogen) atoms. The minimum Gasteiger partial charge on any atom is -0.382 e. The van der Waals surface area contributed by atoms with E-state index in [1.54, 1.807) is 7.11 Å². The first-order chi connectivity index (χ1) is 9.26. The summed E-state index contributed by atoms with van der Waals surface area (Å²) in [5.41, 5.74) is 4.19. The van der Waals surface area contributed by atoms with E-state index >= 15 is 0 Å². The molecule has 0 fully saturated rings. The highest BCUT2D eigenvalue weighted by Gasteiger charge is 2.13. The number of nitrogens with one attached hydrogen (secondary N) is 1. The predicted octanol–water partition coefficient (Wildman–Crippen LogP) is 3.16. The number of hydrogen-bond acceptors (Lipinski definition) is 3. The third kappa shape index (κ3) is 3.32. The van der Waals surface area contributed by atoms with E-state index in [-0.39, 0.29) is 12.1 Å². The van der Waals surface area contributed by atoms with Gasteiger partial charge >= 0.3 is 0 Å². The largest absolute Gasteiger partial charge is 0.382 e. The number of methoxy groups -OCH3 is 1. The molecule has 0 radical (unpaired) electrons. The van der Waals surface area contributed by atoms with Crippen molar-refractivity contribution in [3.8, 4) is 0 Å². The summed E-state index contributed by atoms with van der Waals surface area (Å²) in [4.78, 5) is 0. The lowest BCUT2D eigenvalue weighted by Gasteiger charge is -2.20. The van der Waals surface area contributed by atoms with Gasteiger partial charge in [-0.15, -0.1) is 0 Å². The second-order valence-corrected chi connectivity index (χ2v) is 4.91. The molecule has 2 rings (SSSR count). The van der Waals surface area contributed by atoms with Crippen molar-refractivity contribution in [2.45, 2.75) is 31.9 Å². The molecule has 3 N–H and O–H groups in total. The Morgan fingerprint density at radius 1 is 1.11 bits per heavy atom. The number of ether oxygens (including phenoxy) is 1. The molecule has 0 aromatic heterocycles. The predicted molar refractivity (Wildman–Crippen MR) is 79.7 cm³/mol. The van der Waals surface area contributed by atoms with Gasteiger partial charge in [-0.05, 0) is 36.1 Å². The Balaban J connectivity index is 2.25. The summed E-state index contributed by atoms with van der Waals surface area (Å²) >= 11 is 0. The molecule has 0 aliphatic rings. The molecule has 0 aliphatic heterocycles. The Morgan fingerprint density at radius 3 is 2.58 bits per heavy atom. The van der Waals surface area contributed by atoms with E-state index in [9.17, 15) is 0 Å². The number of benzene rings is 2. The van der Waals surface area contributed by atoms with Gasteiger partial charge in [0.05, 0.1) is 6.10 Å². The lowest BCUT2D eigenvalue weighted by Crippen LogP contribution is -2.29. The molecule has 0 heterocycles. The maximum atomic E-state index is 5.73. The van der Waals surface area contributed by atoms with Crippen molar-refractivity contribution in [3.63, 3.8) is 0 Å². The molecular formula is C16H22N2O. The maximum absolute atomic E-state index is 5.73. The molecule has 3 nitrogen and oxygen atoms in total. The summed E-state index contributed by atoms with van der Waals surface area (Å²) in [6, 6.07) is 14.9. The molecule has 2 aromatic rings. The normalized spacial score (nSPS) is 14.5. The van der Waals surface area contributed by atoms with Gasteiger partial charge in [-0.2, -0.15) is 0 Å². The molecular weight excluding hydrogens is 236 g/mol. The number of hydrogen-bond donors (Lipinski definition) is 2. The highest BCUT2D eigenvalue weighted by atomic mass is 16.5. The van der Waals surface area contributed by atoms with Gasteiger partial charge in [-0.1, -0.05) is 42.5 Å². The zero-order chi connectivity index (χ0) is 13.7. The summed E-state index contributed by atoms with van der Waals surface area (Å²) in [5.74, 6) is 5.73. The topological polar surface area (TPSA) is 47.3 Å². The average molecular weight is 258 g/mol. The third-order valence-electron chi connectivity index (χ3n) is 3.66. The molecule has 0 aliphatic carbocycles. The van der Waals surface area contributed by atoms with Crippen LogP contribution < -0.4 is 11.3 Å². The summed E-state index contributed by atoms with van der Waals surface area (Å²) in [7, 11) is 1.74. The highest BCUT2D eigenvalue weighted by Crippen LogP contribution is 2.27. The molecule has 0 spiro atoms. The smallest absolute Gasteiger partial charge is 0.0543 e. The Morgan fingerprint density at radius 2 is 1.84 bits per heavy atom. The van der Waals surface area contributed by atoms with Crippen molar-refractivity contribution in [1.29, 1.82) is 0 Å². The van der Waals surface area contributed by atoms with Crippen LogP contribution >= 0.6 is 0 Å². The van der Waals surface area contributed by atoms with E-state index in [0.717, 1.165) is 12.8 Å². The zero-order valence-corrected chi connectivity index (χ0v) is 11.6. The van der Waals surface area contributed by atoms with Crippen molar-refractivity contribution in [1.82, 2.24) is 5.43 Å². The molecule has 3 heteroatoms. The fraction of sp³-hybridized carbons (Fsp3) is 0.375. The maximum Gasteiger partial charge on any atom is 0.0543 e. The Labute approximate surface area is 114 Å². The summed E-state index contributed by atoms with van der Waals surface area (Å²) in [6.07, 6.45) is 2.19. The average Bonchev–Trinajstić information content (AvgIpc) is 2.47. The van der Waals surface area contributed by atoms with Crippen molar-refractivity contribution in [2.24, 2.45) is 5.84 Å². The fourth-order valence-electron chi connectivity index (χ4n) is 2.40. The lowest BCUT2D eigenvalue weighted by molar-refractivity contribution is 0.106. The molecule has 0 saturated heterocycles. The van der Waals surface area contributed by atoms with Crippen LogP contribution in [-0.4, -0.2) is 13.2 Å². The third-order valence-corrected chi connectivity index (χ3v) is 3.66. The number of nitrogens with two attached hydrogens (primary N) is 1. The first-order valence-electron chi connectivity index (χ1n) is 6.73. The van der Waals surface area contributed by atoms with Crippen LogP contribution in [0, 0.1) is 0 Å². The van der Waals surface area contributed by atoms with E-state index in [1.807, 2.05) is 0 Å². The lowest BCUT2D eigenvalue weighted by atomic mass is 9.95. The van der Waals surface area contributed by atoms with E-state index in [0.29, 0.717) is 0 Å². The van der Waals surface area contributed by atoms with Crippen LogP contribution in [0.15, 0.2) is 42.5 Å². The molecule has 0 saturated carbocycles. The molecule has 0 bridgehead atoms. The van der Waals surface area contributed by atoms with Crippen LogP contribution in [0.25, 0.3) is 10.8 Å². The summed E-state index contributed by atoms with van der Waals surface area (Å²) < 4.78 is 5.30. The first kappa shape index (κ1) is 14.0. The number of hydrazine groups is 1. The molecule has 0 amide bonds. The van der Waals surface area contributed by atoms with Crippen LogP contribution in [0.5, 0.6) is 0 Å². The highest BCUT2D eigenvalue weighted by molar-refractivity contribution is 5.86. The molecule has 2 unspecified atom stereocenters. The van der Waals surface area contributed by atoms with Crippen LogP contribution in [0.3, 0.4) is 0 Å². The monoisotopic (exact) mass is 258 g/mol. The molecule has 102 valence electrons. The summed E-state index contributed by atoms with van der Waals surface area (Å²) in [6.45, 7) is 2.08. The van der Waals surface area contributed by atoms with Gasteiger partial charge in [0.15, 0.2) is 0 Å². The van der Waals surface area contributed by atoms with E-state index < -0.39 is 0 Å². The second-order valence-electron chi connectivity index (χ2n) is 4.91. The van der Waals surface area contributed by atoms with Crippen LogP contribution in [0.1, 0.15) is 31.4 Å². The van der Waals surface area contributed by atoms with Gasteiger partial charge in [-0.3, -0.25) is 11.3 Å². The minimum absolute atomic E-state index is 0.156. The van der Waals surface area contributed by atoms with Crippen molar-refractivity contribution in [2.75, 3.05) is 7.11 Å². The van der Waals surface area contributed by atoms with E-state index in [1.165, 1.54) is 16.3 Å². The minimum atomic E-state index is 0.156. The quantitative estimate of drug-likeness (QED) is 0.618. The van der Waals surface area contributed by atoms with Crippen LogP contribution in [0.4, 0.5) is 0 Å². The Bertz CT molecular complexity index is 522. The van der Waals surface area contributed by atoms with Crippen molar-refractivity contribution >= 4 is 10.8 Å². The zero-order valence-electron chi connectivity index (χ0n) is 11.6. The van der Waals surface area contributed by atoms with Crippen molar-refractivity contribution < 1.29 is 4.74 Å². The number of rotatable bonds is 6. The SMILES string of the molecule is COC(C)CCC(NN)c1cccc2ccccc12. The number of fused-ring (bicyclic) bond motifs is 1. The second kappa shape index (κ2) is 6.66. The first-order valence-corrected chi connectivity index (χ1v) is 6.73. The van der Waals surface area contributed by atoms with Gasteiger partial charge in [-0.25, -0.2) is 0 Å². The molecule has 2 aromatic carbocycles. The van der Waals surface area contributed by atoms with E-state index in [2.05, 4.69) is 54.8 Å². The standard InChI is InChI=1S/C16H22N2O/c1-12(19-2)10-11-16(18-17)15-9-5-7-13-6-3-4-8-14(13)15/h3-9,12,16,18H,10-11,17H2,1-2H3. The summed E-state index contributed by atoms with van der Waals surface area (Å²) in [5, 5.41) is 2.51. The van der Waals surface area contributed by atoms with Gasteiger partial charge in [0.2, 0.25) is 0 Å². The van der Waals surface area contributed by atoms with Crippen LogP contribution in [0.2, 0.25) is 0 Å². The fourth-order valence-corrected chi connectivity index (χ4v) is 2.40. The Kier molecular flexibility index (Phi) is 4.91. The molecule has 2 atom stereocenters. The Hall–Kier alpha value is -1.42. The van der Waals surface area contributed by atoms with Gasteiger partial charge < -0.3 is 4.74 Å². The van der Waals surface area contributed by atoms with Crippen LogP contribution in [-0.2, 0) is 4.74 Å².